The zero-order valence-electron chi connectivity index (χ0n) is 11.3. The van der Waals surface area contributed by atoms with Crippen LogP contribution in [0.15, 0.2) is 24.3 Å². The number of carboxylic acids is 1. The standard InChI is InChI=1S/C14H18O6/c1-9(2)13(17)19-7-8-20-14(18)11-6-4-3-5-10(11)12(15)16/h4,6,10-11H,1,3,5,7-8H2,2H3,(H,15,16). The van der Waals surface area contributed by atoms with E-state index < -0.39 is 29.7 Å². The SMILES string of the molecule is C=C(C)C(=O)OCCOC(=O)C1C=CCCC1C(=O)O. The zero-order valence-corrected chi connectivity index (χ0v) is 11.3. The molecule has 0 bridgehead atoms. The lowest BCUT2D eigenvalue weighted by Gasteiger charge is -2.22. The molecule has 0 spiro atoms. The van der Waals surface area contributed by atoms with Gasteiger partial charge in [0.15, 0.2) is 0 Å². The minimum absolute atomic E-state index is 0.0778. The van der Waals surface area contributed by atoms with Crippen molar-refractivity contribution in [1.82, 2.24) is 0 Å². The van der Waals surface area contributed by atoms with Crippen molar-refractivity contribution >= 4 is 17.9 Å². The first-order valence-electron chi connectivity index (χ1n) is 6.32. The largest absolute Gasteiger partial charge is 0.481 e. The maximum absolute atomic E-state index is 11.8. The fourth-order valence-corrected chi connectivity index (χ4v) is 1.85. The summed E-state index contributed by atoms with van der Waals surface area (Å²) in [5.74, 6) is -3.71. The number of allylic oxidation sites excluding steroid dienone is 1. The van der Waals surface area contributed by atoms with Gasteiger partial charge in [-0.3, -0.25) is 9.59 Å². The zero-order chi connectivity index (χ0) is 15.1. The van der Waals surface area contributed by atoms with E-state index in [2.05, 4.69) is 6.58 Å². The van der Waals surface area contributed by atoms with Crippen LogP contribution in [0.2, 0.25) is 0 Å². The van der Waals surface area contributed by atoms with Gasteiger partial charge in [-0.2, -0.15) is 0 Å². The minimum atomic E-state index is -1.01. The molecule has 0 saturated heterocycles. The summed E-state index contributed by atoms with van der Waals surface area (Å²) in [5, 5.41) is 9.04. The maximum atomic E-state index is 11.8. The Morgan fingerprint density at radius 1 is 1.30 bits per heavy atom. The molecular weight excluding hydrogens is 264 g/mol. The third kappa shape index (κ3) is 4.53. The van der Waals surface area contributed by atoms with E-state index in [0.29, 0.717) is 12.8 Å². The van der Waals surface area contributed by atoms with Crippen LogP contribution in [-0.2, 0) is 23.9 Å². The highest BCUT2D eigenvalue weighted by molar-refractivity contribution is 5.87. The van der Waals surface area contributed by atoms with Crippen LogP contribution in [0.4, 0.5) is 0 Å². The van der Waals surface area contributed by atoms with Crippen LogP contribution in [0.5, 0.6) is 0 Å². The van der Waals surface area contributed by atoms with E-state index in [0.717, 1.165) is 0 Å². The Labute approximate surface area is 117 Å². The number of carbonyl (C=O) groups excluding carboxylic acids is 2. The Kier molecular flexibility index (Phi) is 5.96. The maximum Gasteiger partial charge on any atom is 0.333 e. The number of aliphatic carboxylic acids is 1. The van der Waals surface area contributed by atoms with Gasteiger partial charge in [0.05, 0.1) is 11.8 Å². The highest BCUT2D eigenvalue weighted by Gasteiger charge is 2.34. The second-order valence-electron chi connectivity index (χ2n) is 4.56. The molecule has 0 amide bonds. The van der Waals surface area contributed by atoms with E-state index in [1.165, 1.54) is 6.92 Å². The molecule has 6 nitrogen and oxygen atoms in total. The molecule has 1 aliphatic carbocycles. The third-order valence-corrected chi connectivity index (χ3v) is 2.92. The van der Waals surface area contributed by atoms with Crippen molar-refractivity contribution in [3.8, 4) is 0 Å². The molecule has 0 radical (unpaired) electrons. The lowest BCUT2D eigenvalue weighted by molar-refractivity contribution is -0.158. The average molecular weight is 282 g/mol. The van der Waals surface area contributed by atoms with Crippen molar-refractivity contribution in [2.75, 3.05) is 13.2 Å². The van der Waals surface area contributed by atoms with Gasteiger partial charge in [0.1, 0.15) is 13.2 Å². The summed E-state index contributed by atoms with van der Waals surface area (Å²) >= 11 is 0. The van der Waals surface area contributed by atoms with E-state index in [1.54, 1.807) is 12.2 Å². The van der Waals surface area contributed by atoms with Crippen LogP contribution in [0.25, 0.3) is 0 Å². The average Bonchev–Trinajstić information content (AvgIpc) is 2.42. The van der Waals surface area contributed by atoms with E-state index in [1.807, 2.05) is 0 Å². The molecule has 0 saturated carbocycles. The molecule has 1 rings (SSSR count). The molecule has 110 valence electrons. The summed E-state index contributed by atoms with van der Waals surface area (Å²) in [6.45, 7) is 4.75. The topological polar surface area (TPSA) is 89.9 Å². The Hall–Kier alpha value is -2.11. The first-order valence-corrected chi connectivity index (χ1v) is 6.32. The molecule has 0 aliphatic heterocycles. The number of hydrogen-bond acceptors (Lipinski definition) is 5. The Bertz CT molecular complexity index is 437. The molecule has 0 heterocycles. The highest BCUT2D eigenvalue weighted by atomic mass is 16.6. The summed E-state index contributed by atoms with van der Waals surface area (Å²) in [5.41, 5.74) is 0.262. The predicted molar refractivity (Wildman–Crippen MR) is 69.7 cm³/mol. The molecule has 1 N–H and O–H groups in total. The van der Waals surface area contributed by atoms with Crippen molar-refractivity contribution in [3.63, 3.8) is 0 Å². The molecule has 0 aromatic rings. The lowest BCUT2D eigenvalue weighted by atomic mass is 9.84. The van der Waals surface area contributed by atoms with Crippen molar-refractivity contribution in [2.45, 2.75) is 19.8 Å². The van der Waals surface area contributed by atoms with Crippen molar-refractivity contribution in [3.05, 3.63) is 24.3 Å². The van der Waals surface area contributed by atoms with Gasteiger partial charge < -0.3 is 14.6 Å². The quantitative estimate of drug-likeness (QED) is 0.342. The van der Waals surface area contributed by atoms with Crippen LogP contribution in [0.3, 0.4) is 0 Å². The molecular formula is C14H18O6. The molecule has 0 aromatic heterocycles. The fourth-order valence-electron chi connectivity index (χ4n) is 1.85. The van der Waals surface area contributed by atoms with Gasteiger partial charge in [0.25, 0.3) is 0 Å². The predicted octanol–water partition coefficient (Wildman–Crippen LogP) is 1.32. The van der Waals surface area contributed by atoms with Crippen LogP contribution in [0, 0.1) is 11.8 Å². The van der Waals surface area contributed by atoms with E-state index in [9.17, 15) is 14.4 Å². The number of rotatable bonds is 6. The second kappa shape index (κ2) is 7.47. The van der Waals surface area contributed by atoms with Crippen LogP contribution in [-0.4, -0.2) is 36.2 Å². The molecule has 0 fully saturated rings. The van der Waals surface area contributed by atoms with Gasteiger partial charge in [-0.05, 0) is 19.8 Å². The van der Waals surface area contributed by atoms with Crippen LogP contribution >= 0.6 is 0 Å². The number of ether oxygens (including phenoxy) is 2. The molecule has 0 aromatic carbocycles. The summed E-state index contributed by atoms with van der Waals surface area (Å²) in [7, 11) is 0. The second-order valence-corrected chi connectivity index (χ2v) is 4.56. The summed E-state index contributed by atoms with van der Waals surface area (Å²) in [6.07, 6.45) is 4.38. The monoisotopic (exact) mass is 282 g/mol. The van der Waals surface area contributed by atoms with Crippen LogP contribution in [0.1, 0.15) is 19.8 Å². The smallest absolute Gasteiger partial charge is 0.333 e. The molecule has 20 heavy (non-hydrogen) atoms. The Morgan fingerprint density at radius 3 is 2.55 bits per heavy atom. The van der Waals surface area contributed by atoms with Gasteiger partial charge in [0, 0.05) is 5.57 Å². The van der Waals surface area contributed by atoms with E-state index in [4.69, 9.17) is 14.6 Å². The first kappa shape index (κ1) is 15.9. The third-order valence-electron chi connectivity index (χ3n) is 2.92. The number of carboxylic acid groups (broad SMARTS) is 1. The summed E-state index contributed by atoms with van der Waals surface area (Å²) in [6, 6.07) is 0. The van der Waals surface area contributed by atoms with Crippen molar-refractivity contribution < 1.29 is 29.0 Å². The van der Waals surface area contributed by atoms with Gasteiger partial charge in [-0.1, -0.05) is 18.7 Å². The molecule has 2 unspecified atom stereocenters. The van der Waals surface area contributed by atoms with E-state index >= 15 is 0 Å². The van der Waals surface area contributed by atoms with Gasteiger partial charge in [-0.15, -0.1) is 0 Å². The fraction of sp³-hybridized carbons (Fsp3) is 0.500. The highest BCUT2D eigenvalue weighted by Crippen LogP contribution is 2.26. The van der Waals surface area contributed by atoms with Crippen molar-refractivity contribution in [2.24, 2.45) is 11.8 Å². The van der Waals surface area contributed by atoms with E-state index in [-0.39, 0.29) is 18.8 Å². The summed E-state index contributed by atoms with van der Waals surface area (Å²) in [4.78, 5) is 33.9. The molecule has 2 atom stereocenters. The van der Waals surface area contributed by atoms with Crippen LogP contribution < -0.4 is 0 Å². The number of esters is 2. The van der Waals surface area contributed by atoms with Gasteiger partial charge in [0.2, 0.25) is 0 Å². The normalized spacial score (nSPS) is 21.1. The Morgan fingerprint density at radius 2 is 1.95 bits per heavy atom. The molecule has 6 heteroatoms. The first-order chi connectivity index (χ1) is 9.43. The minimum Gasteiger partial charge on any atom is -0.481 e. The molecule has 1 aliphatic rings. The summed E-state index contributed by atoms with van der Waals surface area (Å²) < 4.78 is 9.70. The number of hydrogen-bond donors (Lipinski definition) is 1. The van der Waals surface area contributed by atoms with Gasteiger partial charge >= 0.3 is 17.9 Å². The van der Waals surface area contributed by atoms with Gasteiger partial charge in [-0.25, -0.2) is 4.79 Å². The Balaban J connectivity index is 2.40. The lowest BCUT2D eigenvalue weighted by Crippen LogP contribution is -2.32. The number of carbonyl (C=O) groups is 3. The van der Waals surface area contributed by atoms with Crippen molar-refractivity contribution in [1.29, 1.82) is 0 Å².